The van der Waals surface area contributed by atoms with Crippen LogP contribution in [0.2, 0.25) is 0 Å². The Hall–Kier alpha value is -0.830. The van der Waals surface area contributed by atoms with E-state index in [0.29, 0.717) is 0 Å². The van der Waals surface area contributed by atoms with Gasteiger partial charge in [0, 0.05) is 30.8 Å². The molecule has 0 aromatic carbocycles. The zero-order chi connectivity index (χ0) is 8.84. The van der Waals surface area contributed by atoms with E-state index in [1.165, 1.54) is 18.5 Å². The first-order valence-corrected chi connectivity index (χ1v) is 5.07. The van der Waals surface area contributed by atoms with Crippen LogP contribution in [0.5, 0.6) is 0 Å². The fourth-order valence-electron chi connectivity index (χ4n) is 2.15. The van der Waals surface area contributed by atoms with Crippen molar-refractivity contribution in [2.75, 3.05) is 0 Å². The number of hydrogen-bond acceptors (Lipinski definition) is 2. The minimum Gasteiger partial charge on any atom is -0.393 e. The normalized spacial score (nSPS) is 27.3. The van der Waals surface area contributed by atoms with Crippen molar-refractivity contribution in [1.29, 1.82) is 0 Å². The van der Waals surface area contributed by atoms with Crippen LogP contribution >= 0.6 is 0 Å². The van der Waals surface area contributed by atoms with Gasteiger partial charge in [0.05, 0.1) is 6.10 Å². The van der Waals surface area contributed by atoms with Crippen LogP contribution in [0.15, 0.2) is 6.20 Å². The number of hydrogen-bond donors (Lipinski definition) is 1. The third kappa shape index (κ3) is 1.18. The molecule has 1 unspecified atom stereocenters. The zero-order valence-electron chi connectivity index (χ0n) is 7.61. The zero-order valence-corrected chi connectivity index (χ0v) is 7.61. The predicted molar refractivity (Wildman–Crippen MR) is 48.5 cm³/mol. The van der Waals surface area contributed by atoms with Crippen molar-refractivity contribution in [3.8, 4) is 0 Å². The highest BCUT2D eigenvalue weighted by Crippen LogP contribution is 2.40. The Morgan fingerprint density at radius 2 is 2.23 bits per heavy atom. The number of fused-ring (bicyclic) bond motifs is 1. The van der Waals surface area contributed by atoms with E-state index in [4.69, 9.17) is 0 Å². The van der Waals surface area contributed by atoms with Crippen LogP contribution in [0, 0.1) is 0 Å². The lowest BCUT2D eigenvalue weighted by atomic mass is 10.1. The Kier molecular flexibility index (Phi) is 1.50. The first-order chi connectivity index (χ1) is 6.34. The van der Waals surface area contributed by atoms with Crippen molar-refractivity contribution in [3.05, 3.63) is 17.7 Å². The number of rotatable bonds is 1. The van der Waals surface area contributed by atoms with Gasteiger partial charge in [-0.1, -0.05) is 0 Å². The molecule has 13 heavy (non-hydrogen) atoms. The summed E-state index contributed by atoms with van der Waals surface area (Å²) < 4.78 is 2.31. The molecule has 1 fully saturated rings. The fourth-order valence-corrected chi connectivity index (χ4v) is 2.15. The molecule has 1 aromatic heterocycles. The van der Waals surface area contributed by atoms with Crippen molar-refractivity contribution in [2.45, 2.75) is 44.2 Å². The first-order valence-electron chi connectivity index (χ1n) is 5.07. The highest BCUT2D eigenvalue weighted by atomic mass is 16.3. The molecule has 3 heteroatoms. The van der Waals surface area contributed by atoms with E-state index in [9.17, 15) is 5.11 Å². The lowest BCUT2D eigenvalue weighted by molar-refractivity contribution is 0.141. The van der Waals surface area contributed by atoms with Crippen LogP contribution in [0.1, 0.15) is 36.7 Å². The summed E-state index contributed by atoms with van der Waals surface area (Å²) >= 11 is 0. The minimum atomic E-state index is -0.165. The van der Waals surface area contributed by atoms with Gasteiger partial charge in [0.1, 0.15) is 5.82 Å². The quantitative estimate of drug-likeness (QED) is 0.698. The molecule has 2 aliphatic rings. The standard InChI is InChI=1S/C10H14N2O/c13-8-3-4-12-9(7-1-2-7)6-11-10(12)5-8/h6-8,13H,1-5H2. The summed E-state index contributed by atoms with van der Waals surface area (Å²) in [6.07, 6.45) is 6.13. The number of aliphatic hydroxyl groups excluding tert-OH is 1. The predicted octanol–water partition coefficient (Wildman–Crippen LogP) is 1.07. The second-order valence-electron chi connectivity index (χ2n) is 4.17. The van der Waals surface area contributed by atoms with Crippen LogP contribution < -0.4 is 0 Å². The first kappa shape index (κ1) is 7.56. The van der Waals surface area contributed by atoms with Crippen LogP contribution in [-0.2, 0) is 13.0 Å². The topological polar surface area (TPSA) is 38.0 Å². The van der Waals surface area contributed by atoms with E-state index in [0.717, 1.165) is 31.1 Å². The summed E-state index contributed by atoms with van der Waals surface area (Å²) in [6, 6.07) is 0. The maximum Gasteiger partial charge on any atom is 0.111 e. The van der Waals surface area contributed by atoms with E-state index in [1.807, 2.05) is 6.20 Å². The Morgan fingerprint density at radius 1 is 1.38 bits per heavy atom. The molecule has 1 saturated carbocycles. The Morgan fingerprint density at radius 3 is 3.00 bits per heavy atom. The summed E-state index contributed by atoms with van der Waals surface area (Å²) in [5, 5.41) is 9.47. The smallest absolute Gasteiger partial charge is 0.111 e. The van der Waals surface area contributed by atoms with Crippen molar-refractivity contribution in [1.82, 2.24) is 9.55 Å². The van der Waals surface area contributed by atoms with Crippen molar-refractivity contribution < 1.29 is 5.11 Å². The number of imidazole rings is 1. The second kappa shape index (κ2) is 2.58. The average Bonchev–Trinajstić information content (AvgIpc) is 2.87. The lowest BCUT2D eigenvalue weighted by Gasteiger charge is -2.20. The molecule has 0 bridgehead atoms. The van der Waals surface area contributed by atoms with Gasteiger partial charge in [-0.3, -0.25) is 0 Å². The molecule has 3 nitrogen and oxygen atoms in total. The Labute approximate surface area is 77.4 Å². The molecule has 0 saturated heterocycles. The minimum absolute atomic E-state index is 0.165. The molecule has 2 heterocycles. The number of aromatic nitrogens is 2. The fraction of sp³-hybridized carbons (Fsp3) is 0.700. The monoisotopic (exact) mass is 178 g/mol. The molecule has 0 radical (unpaired) electrons. The van der Waals surface area contributed by atoms with Gasteiger partial charge >= 0.3 is 0 Å². The van der Waals surface area contributed by atoms with Gasteiger partial charge in [0.2, 0.25) is 0 Å². The Bertz CT molecular complexity index is 328. The van der Waals surface area contributed by atoms with Gasteiger partial charge in [-0.15, -0.1) is 0 Å². The van der Waals surface area contributed by atoms with Gasteiger partial charge in [-0.05, 0) is 19.3 Å². The van der Waals surface area contributed by atoms with E-state index in [-0.39, 0.29) is 6.10 Å². The summed E-state index contributed by atoms with van der Waals surface area (Å²) in [5.41, 5.74) is 1.40. The SMILES string of the molecule is OC1CCn2c(C3CC3)cnc2C1. The van der Waals surface area contributed by atoms with Crippen LogP contribution in [0.3, 0.4) is 0 Å². The average molecular weight is 178 g/mol. The maximum absolute atomic E-state index is 9.47. The second-order valence-corrected chi connectivity index (χ2v) is 4.17. The molecular weight excluding hydrogens is 164 g/mol. The Balaban J connectivity index is 1.97. The lowest BCUT2D eigenvalue weighted by Crippen LogP contribution is -2.24. The molecular formula is C10H14N2O. The number of aliphatic hydroxyl groups is 1. The molecule has 1 aromatic rings. The molecule has 1 aliphatic carbocycles. The highest BCUT2D eigenvalue weighted by molar-refractivity contribution is 5.17. The van der Waals surface area contributed by atoms with E-state index in [1.54, 1.807) is 0 Å². The van der Waals surface area contributed by atoms with Crippen molar-refractivity contribution in [2.24, 2.45) is 0 Å². The number of nitrogens with zero attached hydrogens (tertiary/aromatic N) is 2. The third-order valence-electron chi connectivity index (χ3n) is 3.07. The van der Waals surface area contributed by atoms with Gasteiger partial charge in [-0.2, -0.15) is 0 Å². The summed E-state index contributed by atoms with van der Waals surface area (Å²) in [4.78, 5) is 4.37. The van der Waals surface area contributed by atoms with E-state index >= 15 is 0 Å². The molecule has 1 aliphatic heterocycles. The van der Waals surface area contributed by atoms with Crippen LogP contribution in [0.25, 0.3) is 0 Å². The van der Waals surface area contributed by atoms with E-state index < -0.39 is 0 Å². The molecule has 0 amide bonds. The van der Waals surface area contributed by atoms with Crippen LogP contribution in [-0.4, -0.2) is 20.8 Å². The molecule has 70 valence electrons. The third-order valence-corrected chi connectivity index (χ3v) is 3.07. The van der Waals surface area contributed by atoms with Crippen molar-refractivity contribution >= 4 is 0 Å². The molecule has 0 spiro atoms. The highest BCUT2D eigenvalue weighted by Gasteiger charge is 2.30. The van der Waals surface area contributed by atoms with Gasteiger partial charge < -0.3 is 9.67 Å². The molecule has 1 N–H and O–H groups in total. The van der Waals surface area contributed by atoms with Gasteiger partial charge in [-0.25, -0.2) is 4.98 Å². The molecule has 3 rings (SSSR count). The maximum atomic E-state index is 9.47. The van der Waals surface area contributed by atoms with Crippen molar-refractivity contribution in [3.63, 3.8) is 0 Å². The summed E-state index contributed by atoms with van der Waals surface area (Å²) in [7, 11) is 0. The van der Waals surface area contributed by atoms with Crippen LogP contribution in [0.4, 0.5) is 0 Å². The largest absolute Gasteiger partial charge is 0.393 e. The summed E-state index contributed by atoms with van der Waals surface area (Å²) in [6.45, 7) is 0.961. The van der Waals surface area contributed by atoms with Gasteiger partial charge in [0.25, 0.3) is 0 Å². The van der Waals surface area contributed by atoms with E-state index in [2.05, 4.69) is 9.55 Å². The summed E-state index contributed by atoms with van der Waals surface area (Å²) in [5.74, 6) is 1.86. The molecule has 1 atom stereocenters. The van der Waals surface area contributed by atoms with Gasteiger partial charge in [0.15, 0.2) is 0 Å².